The van der Waals surface area contributed by atoms with Crippen LogP contribution in [0.1, 0.15) is 25.5 Å². The van der Waals surface area contributed by atoms with E-state index in [2.05, 4.69) is 0 Å². The zero-order valence-electron chi connectivity index (χ0n) is 9.87. The zero-order valence-corrected chi connectivity index (χ0v) is 9.87. The van der Waals surface area contributed by atoms with Gasteiger partial charge in [-0.15, -0.1) is 0 Å². The highest BCUT2D eigenvalue weighted by atomic mass is 19.1. The first-order chi connectivity index (χ1) is 7.56. The number of benzene rings is 1. The second-order valence-corrected chi connectivity index (χ2v) is 3.83. The largest absolute Gasteiger partial charge is 0.485 e. The van der Waals surface area contributed by atoms with Gasteiger partial charge in [0, 0.05) is 18.7 Å². The molecule has 0 radical (unpaired) electrons. The zero-order chi connectivity index (χ0) is 12.1. The van der Waals surface area contributed by atoms with E-state index in [4.69, 9.17) is 15.2 Å². The maximum Gasteiger partial charge on any atom is 0.165 e. The van der Waals surface area contributed by atoms with Crippen LogP contribution in [-0.4, -0.2) is 19.8 Å². The van der Waals surface area contributed by atoms with E-state index in [-0.39, 0.29) is 17.9 Å². The number of halogens is 1. The molecule has 0 saturated heterocycles. The van der Waals surface area contributed by atoms with Gasteiger partial charge in [-0.3, -0.25) is 0 Å². The first-order valence-corrected chi connectivity index (χ1v) is 5.25. The number of methoxy groups -OCH3 is 1. The van der Waals surface area contributed by atoms with Crippen LogP contribution in [0.2, 0.25) is 0 Å². The van der Waals surface area contributed by atoms with Crippen molar-refractivity contribution < 1.29 is 13.9 Å². The Morgan fingerprint density at radius 3 is 2.62 bits per heavy atom. The Morgan fingerprint density at radius 2 is 2.06 bits per heavy atom. The molecule has 0 bridgehead atoms. The van der Waals surface area contributed by atoms with Crippen molar-refractivity contribution in [1.82, 2.24) is 0 Å². The van der Waals surface area contributed by atoms with Gasteiger partial charge in [0.1, 0.15) is 6.10 Å². The fraction of sp³-hybridized carbons (Fsp3) is 0.500. The van der Waals surface area contributed by atoms with Crippen LogP contribution >= 0.6 is 0 Å². The van der Waals surface area contributed by atoms with Crippen molar-refractivity contribution in [3.63, 3.8) is 0 Å². The molecule has 0 saturated carbocycles. The van der Waals surface area contributed by atoms with Crippen molar-refractivity contribution in [1.29, 1.82) is 0 Å². The highest BCUT2D eigenvalue weighted by Gasteiger charge is 2.15. The van der Waals surface area contributed by atoms with E-state index < -0.39 is 5.82 Å². The van der Waals surface area contributed by atoms with Gasteiger partial charge in [-0.2, -0.15) is 0 Å². The SMILES string of the molecule is COCC(C)Oc1c(F)cccc1[C@H](C)N. The summed E-state index contributed by atoms with van der Waals surface area (Å²) in [6.07, 6.45) is -0.209. The lowest BCUT2D eigenvalue weighted by Crippen LogP contribution is -2.20. The predicted octanol–water partition coefficient (Wildman–Crippen LogP) is 2.26. The fourth-order valence-electron chi connectivity index (χ4n) is 1.48. The van der Waals surface area contributed by atoms with E-state index in [9.17, 15) is 4.39 Å². The van der Waals surface area contributed by atoms with Crippen LogP contribution in [-0.2, 0) is 4.74 Å². The quantitative estimate of drug-likeness (QED) is 0.839. The lowest BCUT2D eigenvalue weighted by molar-refractivity contribution is 0.0883. The molecule has 16 heavy (non-hydrogen) atoms. The van der Waals surface area contributed by atoms with E-state index in [1.807, 2.05) is 6.92 Å². The third-order valence-electron chi connectivity index (χ3n) is 2.21. The second kappa shape index (κ2) is 5.82. The molecule has 2 atom stereocenters. The minimum absolute atomic E-state index is 0.209. The van der Waals surface area contributed by atoms with Crippen LogP contribution in [0.15, 0.2) is 18.2 Å². The predicted molar refractivity (Wildman–Crippen MR) is 61.0 cm³/mol. The van der Waals surface area contributed by atoms with Crippen molar-refractivity contribution in [3.05, 3.63) is 29.6 Å². The summed E-state index contributed by atoms with van der Waals surface area (Å²) in [4.78, 5) is 0. The minimum Gasteiger partial charge on any atom is -0.485 e. The molecule has 4 heteroatoms. The van der Waals surface area contributed by atoms with Crippen molar-refractivity contribution in [2.75, 3.05) is 13.7 Å². The first kappa shape index (κ1) is 12.9. The smallest absolute Gasteiger partial charge is 0.165 e. The summed E-state index contributed by atoms with van der Waals surface area (Å²) < 4.78 is 24.0. The average Bonchev–Trinajstić information content (AvgIpc) is 2.21. The van der Waals surface area contributed by atoms with Gasteiger partial charge >= 0.3 is 0 Å². The van der Waals surface area contributed by atoms with Crippen LogP contribution < -0.4 is 10.5 Å². The van der Waals surface area contributed by atoms with Gasteiger partial charge in [-0.05, 0) is 19.9 Å². The Hall–Kier alpha value is -1.13. The van der Waals surface area contributed by atoms with Gasteiger partial charge in [0.25, 0.3) is 0 Å². The van der Waals surface area contributed by atoms with E-state index in [1.54, 1.807) is 26.2 Å². The molecule has 0 aliphatic rings. The van der Waals surface area contributed by atoms with Crippen molar-refractivity contribution in [2.24, 2.45) is 5.73 Å². The molecule has 0 aromatic heterocycles. The summed E-state index contributed by atoms with van der Waals surface area (Å²) in [5.74, 6) is -0.167. The monoisotopic (exact) mass is 227 g/mol. The van der Waals surface area contributed by atoms with Gasteiger partial charge in [-0.1, -0.05) is 12.1 Å². The van der Waals surface area contributed by atoms with E-state index in [0.717, 1.165) is 0 Å². The van der Waals surface area contributed by atoms with Crippen molar-refractivity contribution in [2.45, 2.75) is 26.0 Å². The lowest BCUT2D eigenvalue weighted by Gasteiger charge is -2.18. The number of para-hydroxylation sites is 1. The van der Waals surface area contributed by atoms with E-state index >= 15 is 0 Å². The molecule has 0 spiro atoms. The summed E-state index contributed by atoms with van der Waals surface area (Å²) in [6.45, 7) is 4.02. The molecule has 0 heterocycles. The molecule has 1 rings (SSSR count). The lowest BCUT2D eigenvalue weighted by atomic mass is 10.1. The molecule has 0 aliphatic carbocycles. The molecule has 0 fully saturated rings. The number of rotatable bonds is 5. The van der Waals surface area contributed by atoms with Crippen molar-refractivity contribution >= 4 is 0 Å². The number of nitrogens with two attached hydrogens (primary N) is 1. The Balaban J connectivity index is 2.92. The van der Waals surface area contributed by atoms with Gasteiger partial charge < -0.3 is 15.2 Å². The minimum atomic E-state index is -0.391. The summed E-state index contributed by atoms with van der Waals surface area (Å²) >= 11 is 0. The molecule has 0 aliphatic heterocycles. The fourth-order valence-corrected chi connectivity index (χ4v) is 1.48. The summed E-state index contributed by atoms with van der Waals surface area (Å²) in [6, 6.07) is 4.49. The van der Waals surface area contributed by atoms with E-state index in [0.29, 0.717) is 12.2 Å². The number of ether oxygens (including phenoxy) is 2. The standard InChI is InChI=1S/C12H18FNO2/c1-8(7-15-3)16-12-10(9(2)14)5-4-6-11(12)13/h4-6,8-9H,7,14H2,1-3H3/t8?,9-/m0/s1. The maximum absolute atomic E-state index is 13.6. The summed E-state index contributed by atoms with van der Waals surface area (Å²) in [5.41, 5.74) is 6.42. The van der Waals surface area contributed by atoms with Crippen LogP contribution in [0.3, 0.4) is 0 Å². The molecule has 1 aromatic carbocycles. The summed E-state index contributed by atoms with van der Waals surface area (Å²) in [7, 11) is 1.58. The van der Waals surface area contributed by atoms with Crippen LogP contribution in [0.4, 0.5) is 4.39 Å². The molecule has 1 aromatic rings. The second-order valence-electron chi connectivity index (χ2n) is 3.83. The van der Waals surface area contributed by atoms with E-state index in [1.165, 1.54) is 6.07 Å². The molecule has 1 unspecified atom stereocenters. The third kappa shape index (κ3) is 3.18. The Morgan fingerprint density at radius 1 is 1.38 bits per heavy atom. The van der Waals surface area contributed by atoms with Crippen LogP contribution in [0.5, 0.6) is 5.75 Å². The average molecular weight is 227 g/mol. The highest BCUT2D eigenvalue weighted by Crippen LogP contribution is 2.27. The van der Waals surface area contributed by atoms with Gasteiger partial charge in [0.15, 0.2) is 11.6 Å². The molecule has 2 N–H and O–H groups in total. The first-order valence-electron chi connectivity index (χ1n) is 5.25. The third-order valence-corrected chi connectivity index (χ3v) is 2.21. The Labute approximate surface area is 95.4 Å². The molecular formula is C12H18FNO2. The Kier molecular flexibility index (Phi) is 4.71. The van der Waals surface area contributed by atoms with Crippen LogP contribution in [0, 0.1) is 5.82 Å². The van der Waals surface area contributed by atoms with Gasteiger partial charge in [0.2, 0.25) is 0 Å². The highest BCUT2D eigenvalue weighted by molar-refractivity contribution is 5.37. The normalized spacial score (nSPS) is 14.6. The van der Waals surface area contributed by atoms with Crippen molar-refractivity contribution in [3.8, 4) is 5.75 Å². The molecule has 3 nitrogen and oxygen atoms in total. The summed E-state index contributed by atoms with van der Waals surface area (Å²) in [5, 5.41) is 0. The molecular weight excluding hydrogens is 209 g/mol. The molecule has 0 amide bonds. The maximum atomic E-state index is 13.6. The van der Waals surface area contributed by atoms with Gasteiger partial charge in [0.05, 0.1) is 6.61 Å². The molecule has 90 valence electrons. The number of hydrogen-bond acceptors (Lipinski definition) is 3. The van der Waals surface area contributed by atoms with Gasteiger partial charge in [-0.25, -0.2) is 4.39 Å². The Bertz CT molecular complexity index is 342. The number of hydrogen-bond donors (Lipinski definition) is 1. The van der Waals surface area contributed by atoms with Crippen LogP contribution in [0.25, 0.3) is 0 Å². The topological polar surface area (TPSA) is 44.5 Å².